The molecule has 1 aliphatic rings. The lowest BCUT2D eigenvalue weighted by Gasteiger charge is -2.26. The highest BCUT2D eigenvalue weighted by atomic mass is 16.2. The molecule has 5 heteroatoms. The zero-order chi connectivity index (χ0) is 15.1. The maximum atomic E-state index is 12.2. The first-order chi connectivity index (χ1) is 10.2. The van der Waals surface area contributed by atoms with Gasteiger partial charge < -0.3 is 14.8 Å². The lowest BCUT2D eigenvalue weighted by Crippen LogP contribution is -2.36. The molecular formula is C16H28N4O. The second-order valence-electron chi connectivity index (χ2n) is 6.29. The molecule has 0 bridgehead atoms. The Kier molecular flexibility index (Phi) is 6.23. The SMILES string of the molecule is CC(C)CNCc1cncn1CCC(=O)N1CCCCC1. The average molecular weight is 292 g/mol. The molecule has 0 saturated carbocycles. The van der Waals surface area contributed by atoms with E-state index in [2.05, 4.69) is 28.7 Å². The summed E-state index contributed by atoms with van der Waals surface area (Å²) in [5.41, 5.74) is 1.15. The van der Waals surface area contributed by atoms with Crippen LogP contribution in [0.2, 0.25) is 0 Å². The van der Waals surface area contributed by atoms with E-state index in [0.29, 0.717) is 12.3 Å². The minimum absolute atomic E-state index is 0.282. The summed E-state index contributed by atoms with van der Waals surface area (Å²) >= 11 is 0. The molecule has 1 aliphatic heterocycles. The molecule has 1 aromatic rings. The number of piperidine rings is 1. The van der Waals surface area contributed by atoms with E-state index in [1.807, 2.05) is 17.4 Å². The van der Waals surface area contributed by atoms with Crippen molar-refractivity contribution >= 4 is 5.91 Å². The van der Waals surface area contributed by atoms with Crippen molar-refractivity contribution in [1.82, 2.24) is 19.8 Å². The van der Waals surface area contributed by atoms with Gasteiger partial charge in [0.1, 0.15) is 0 Å². The number of likely N-dealkylation sites (tertiary alicyclic amines) is 1. The standard InChI is InChI=1S/C16H28N4O/c1-14(2)10-17-11-15-12-18-13-20(15)9-6-16(21)19-7-4-3-5-8-19/h12-14,17H,3-11H2,1-2H3. The molecule has 0 atom stereocenters. The van der Waals surface area contributed by atoms with Crippen LogP contribution in [0.1, 0.15) is 45.2 Å². The molecule has 0 radical (unpaired) electrons. The van der Waals surface area contributed by atoms with Crippen LogP contribution in [-0.4, -0.2) is 40.0 Å². The molecule has 1 saturated heterocycles. The van der Waals surface area contributed by atoms with Crippen molar-refractivity contribution in [2.75, 3.05) is 19.6 Å². The molecule has 1 fully saturated rings. The van der Waals surface area contributed by atoms with Crippen LogP contribution in [-0.2, 0) is 17.9 Å². The summed E-state index contributed by atoms with van der Waals surface area (Å²) < 4.78 is 2.09. The number of hydrogen-bond acceptors (Lipinski definition) is 3. The van der Waals surface area contributed by atoms with Crippen LogP contribution in [0.25, 0.3) is 0 Å². The molecule has 21 heavy (non-hydrogen) atoms. The van der Waals surface area contributed by atoms with Gasteiger partial charge in [-0.15, -0.1) is 0 Å². The maximum absolute atomic E-state index is 12.2. The molecule has 2 rings (SSSR count). The summed E-state index contributed by atoms with van der Waals surface area (Å²) in [6.45, 7) is 8.81. The van der Waals surface area contributed by atoms with Gasteiger partial charge in [-0.3, -0.25) is 4.79 Å². The van der Waals surface area contributed by atoms with Crippen molar-refractivity contribution in [2.45, 2.75) is 52.6 Å². The Morgan fingerprint density at radius 2 is 2.10 bits per heavy atom. The first-order valence-electron chi connectivity index (χ1n) is 8.14. The third-order valence-corrected chi connectivity index (χ3v) is 3.93. The highest BCUT2D eigenvalue weighted by Gasteiger charge is 2.16. The highest BCUT2D eigenvalue weighted by molar-refractivity contribution is 5.76. The van der Waals surface area contributed by atoms with Gasteiger partial charge in [0.15, 0.2) is 0 Å². The average Bonchev–Trinajstić information content (AvgIpc) is 2.93. The fraction of sp³-hybridized carbons (Fsp3) is 0.750. The quantitative estimate of drug-likeness (QED) is 0.836. The number of hydrogen-bond donors (Lipinski definition) is 1. The zero-order valence-electron chi connectivity index (χ0n) is 13.3. The van der Waals surface area contributed by atoms with Crippen LogP contribution in [0.3, 0.4) is 0 Å². The van der Waals surface area contributed by atoms with Crippen LogP contribution in [0, 0.1) is 5.92 Å². The van der Waals surface area contributed by atoms with E-state index in [4.69, 9.17) is 0 Å². The predicted octanol–water partition coefficient (Wildman–Crippen LogP) is 2.03. The van der Waals surface area contributed by atoms with E-state index in [1.54, 1.807) is 0 Å². The topological polar surface area (TPSA) is 50.2 Å². The van der Waals surface area contributed by atoms with Gasteiger partial charge in [-0.25, -0.2) is 4.98 Å². The van der Waals surface area contributed by atoms with Crippen LogP contribution < -0.4 is 5.32 Å². The van der Waals surface area contributed by atoms with Gasteiger partial charge in [0.2, 0.25) is 5.91 Å². The van der Waals surface area contributed by atoms with E-state index >= 15 is 0 Å². The number of imidazole rings is 1. The zero-order valence-corrected chi connectivity index (χ0v) is 13.3. The van der Waals surface area contributed by atoms with E-state index in [-0.39, 0.29) is 5.91 Å². The second-order valence-corrected chi connectivity index (χ2v) is 6.29. The van der Waals surface area contributed by atoms with Crippen molar-refractivity contribution in [3.63, 3.8) is 0 Å². The largest absolute Gasteiger partial charge is 0.343 e. The summed E-state index contributed by atoms with van der Waals surface area (Å²) in [6, 6.07) is 0. The van der Waals surface area contributed by atoms with Gasteiger partial charge >= 0.3 is 0 Å². The van der Waals surface area contributed by atoms with Gasteiger partial charge in [0.25, 0.3) is 0 Å². The molecule has 1 aromatic heterocycles. The molecule has 0 spiro atoms. The number of rotatable bonds is 7. The molecule has 5 nitrogen and oxygen atoms in total. The van der Waals surface area contributed by atoms with Crippen LogP contribution >= 0.6 is 0 Å². The van der Waals surface area contributed by atoms with Crippen molar-refractivity contribution < 1.29 is 4.79 Å². The number of nitrogens with one attached hydrogen (secondary N) is 1. The maximum Gasteiger partial charge on any atom is 0.224 e. The molecule has 1 N–H and O–H groups in total. The number of carbonyl (C=O) groups is 1. The predicted molar refractivity (Wildman–Crippen MR) is 83.8 cm³/mol. The summed E-state index contributed by atoms with van der Waals surface area (Å²) in [5, 5.41) is 3.42. The monoisotopic (exact) mass is 292 g/mol. The van der Waals surface area contributed by atoms with Crippen molar-refractivity contribution in [3.05, 3.63) is 18.2 Å². The first kappa shape index (κ1) is 16.0. The third-order valence-electron chi connectivity index (χ3n) is 3.93. The van der Waals surface area contributed by atoms with Gasteiger partial charge in [-0.2, -0.15) is 0 Å². The molecule has 0 aliphatic carbocycles. The molecule has 0 unspecified atom stereocenters. The molecule has 2 heterocycles. The number of aromatic nitrogens is 2. The van der Waals surface area contributed by atoms with E-state index < -0.39 is 0 Å². The molecular weight excluding hydrogens is 264 g/mol. The summed E-state index contributed by atoms with van der Waals surface area (Å²) in [4.78, 5) is 18.4. The van der Waals surface area contributed by atoms with Crippen LogP contribution in [0.15, 0.2) is 12.5 Å². The van der Waals surface area contributed by atoms with Crippen LogP contribution in [0.4, 0.5) is 0 Å². The van der Waals surface area contributed by atoms with Crippen molar-refractivity contribution in [3.8, 4) is 0 Å². The molecule has 118 valence electrons. The summed E-state index contributed by atoms with van der Waals surface area (Å²) in [6.07, 6.45) is 7.86. The number of nitrogens with zero attached hydrogens (tertiary/aromatic N) is 3. The van der Waals surface area contributed by atoms with Gasteiger partial charge in [0, 0.05) is 38.8 Å². The Balaban J connectivity index is 1.77. The second kappa shape index (κ2) is 8.17. The highest BCUT2D eigenvalue weighted by Crippen LogP contribution is 2.11. The smallest absolute Gasteiger partial charge is 0.224 e. The van der Waals surface area contributed by atoms with Crippen molar-refractivity contribution in [2.24, 2.45) is 5.92 Å². The Morgan fingerprint density at radius 1 is 1.33 bits per heavy atom. The molecule has 1 amide bonds. The lowest BCUT2D eigenvalue weighted by molar-refractivity contribution is -0.132. The van der Waals surface area contributed by atoms with E-state index in [0.717, 1.165) is 51.3 Å². The first-order valence-corrected chi connectivity index (χ1v) is 8.14. The Hall–Kier alpha value is -1.36. The number of carbonyl (C=O) groups excluding carboxylic acids is 1. The number of aryl methyl sites for hydroxylation is 1. The van der Waals surface area contributed by atoms with Crippen LogP contribution in [0.5, 0.6) is 0 Å². The Bertz CT molecular complexity index is 435. The Labute approximate surface area is 127 Å². The number of amides is 1. The van der Waals surface area contributed by atoms with Gasteiger partial charge in [0.05, 0.1) is 12.0 Å². The van der Waals surface area contributed by atoms with Gasteiger partial charge in [-0.05, 0) is 31.7 Å². The third kappa shape index (κ3) is 5.16. The summed E-state index contributed by atoms with van der Waals surface area (Å²) in [7, 11) is 0. The normalized spacial score (nSPS) is 15.7. The summed E-state index contributed by atoms with van der Waals surface area (Å²) in [5.74, 6) is 0.923. The lowest BCUT2D eigenvalue weighted by atomic mass is 10.1. The van der Waals surface area contributed by atoms with E-state index in [9.17, 15) is 4.79 Å². The minimum atomic E-state index is 0.282. The fourth-order valence-corrected chi connectivity index (χ4v) is 2.70. The van der Waals surface area contributed by atoms with Gasteiger partial charge in [-0.1, -0.05) is 13.8 Å². The fourth-order valence-electron chi connectivity index (χ4n) is 2.70. The van der Waals surface area contributed by atoms with E-state index in [1.165, 1.54) is 6.42 Å². The van der Waals surface area contributed by atoms with Crippen molar-refractivity contribution in [1.29, 1.82) is 0 Å². The molecule has 0 aromatic carbocycles. The minimum Gasteiger partial charge on any atom is -0.343 e. The Morgan fingerprint density at radius 3 is 2.81 bits per heavy atom.